The molecule has 1 heterocycles. The molecule has 0 spiro atoms. The van der Waals surface area contributed by atoms with Gasteiger partial charge in [0.15, 0.2) is 5.78 Å². The molecule has 114 valence electrons. The number of hydrogen-bond acceptors (Lipinski definition) is 2. The van der Waals surface area contributed by atoms with Crippen LogP contribution < -0.4 is 5.32 Å². The van der Waals surface area contributed by atoms with Crippen LogP contribution in [0.5, 0.6) is 0 Å². The Morgan fingerprint density at radius 1 is 1.14 bits per heavy atom. The van der Waals surface area contributed by atoms with Gasteiger partial charge in [-0.15, -0.1) is 0 Å². The molecule has 3 rings (SSSR count). The Bertz CT molecular complexity index is 531. The number of hydrogen-bond donors (Lipinski definition) is 1. The Labute approximate surface area is 126 Å². The zero-order valence-corrected chi connectivity index (χ0v) is 12.9. The molecule has 1 N–H and O–H groups in total. The highest BCUT2D eigenvalue weighted by Gasteiger charge is 2.35. The number of benzene rings is 1. The summed E-state index contributed by atoms with van der Waals surface area (Å²) in [5.74, 6) is 0.283. The number of aryl methyl sites for hydroxylation is 2. The maximum atomic E-state index is 14.2. The summed E-state index contributed by atoms with van der Waals surface area (Å²) < 4.78 is 14.2. The van der Waals surface area contributed by atoms with Crippen molar-refractivity contribution in [2.45, 2.75) is 64.5 Å². The summed E-state index contributed by atoms with van der Waals surface area (Å²) in [6.07, 6.45) is 6.92. The van der Waals surface area contributed by atoms with Gasteiger partial charge in [0.25, 0.3) is 0 Å². The maximum absolute atomic E-state index is 14.2. The van der Waals surface area contributed by atoms with Crippen molar-refractivity contribution in [2.24, 2.45) is 5.92 Å². The highest BCUT2D eigenvalue weighted by molar-refractivity contribution is 6.01. The Morgan fingerprint density at radius 2 is 1.90 bits per heavy atom. The van der Waals surface area contributed by atoms with Crippen molar-refractivity contribution in [3.63, 3.8) is 0 Å². The average molecular weight is 289 g/mol. The van der Waals surface area contributed by atoms with Gasteiger partial charge in [-0.25, -0.2) is 4.39 Å². The van der Waals surface area contributed by atoms with Gasteiger partial charge in [-0.3, -0.25) is 4.79 Å². The van der Waals surface area contributed by atoms with Gasteiger partial charge >= 0.3 is 0 Å². The van der Waals surface area contributed by atoms with Crippen LogP contribution in [0.4, 0.5) is 4.39 Å². The first-order valence-corrected chi connectivity index (χ1v) is 8.13. The lowest BCUT2D eigenvalue weighted by Crippen LogP contribution is -2.52. The Morgan fingerprint density at radius 3 is 2.67 bits per heavy atom. The molecule has 0 bridgehead atoms. The number of ketones is 1. The molecule has 1 aliphatic carbocycles. The molecule has 1 aliphatic heterocycles. The Balaban J connectivity index is 1.80. The standard InChI is InChI=1S/C18H24FNO/c1-11-9-12(2)17(14(19)10-11)18(21)16-8-7-13-5-3-4-6-15(13)20-16/h9-10,13,15-16,20H,3-8H2,1-2H3. The topological polar surface area (TPSA) is 29.1 Å². The number of rotatable bonds is 2. The van der Waals surface area contributed by atoms with E-state index in [0.717, 1.165) is 30.4 Å². The quantitative estimate of drug-likeness (QED) is 0.836. The first kappa shape index (κ1) is 14.7. The van der Waals surface area contributed by atoms with Crippen molar-refractivity contribution in [3.8, 4) is 0 Å². The third-order valence-electron chi connectivity index (χ3n) is 5.15. The second-order valence-electron chi connectivity index (χ2n) is 6.75. The van der Waals surface area contributed by atoms with E-state index in [1.807, 2.05) is 19.9 Å². The van der Waals surface area contributed by atoms with Crippen molar-refractivity contribution in [1.29, 1.82) is 0 Å². The number of halogens is 1. The molecule has 3 atom stereocenters. The van der Waals surface area contributed by atoms with Crippen molar-refractivity contribution < 1.29 is 9.18 Å². The van der Waals surface area contributed by atoms with Crippen LogP contribution in [0.3, 0.4) is 0 Å². The summed E-state index contributed by atoms with van der Waals surface area (Å²) in [5, 5.41) is 3.51. The maximum Gasteiger partial charge on any atom is 0.182 e. The van der Waals surface area contributed by atoms with E-state index in [2.05, 4.69) is 5.32 Å². The van der Waals surface area contributed by atoms with Crippen molar-refractivity contribution >= 4 is 5.78 Å². The number of Topliss-reactive ketones (excluding diaryl/α,β-unsaturated/α-hetero) is 1. The predicted molar refractivity (Wildman–Crippen MR) is 82.1 cm³/mol. The number of nitrogens with one attached hydrogen (secondary N) is 1. The summed E-state index contributed by atoms with van der Waals surface area (Å²) in [6, 6.07) is 3.60. The van der Waals surface area contributed by atoms with Crippen molar-refractivity contribution in [1.82, 2.24) is 5.32 Å². The normalized spacial score (nSPS) is 29.0. The van der Waals surface area contributed by atoms with Crippen LogP contribution >= 0.6 is 0 Å². The lowest BCUT2D eigenvalue weighted by molar-refractivity contribution is 0.0856. The van der Waals surface area contributed by atoms with Gasteiger partial charge in [0.05, 0.1) is 11.6 Å². The van der Waals surface area contributed by atoms with Gasteiger partial charge in [0.1, 0.15) is 5.82 Å². The minimum Gasteiger partial charge on any atom is -0.304 e. The minimum absolute atomic E-state index is 0.0611. The van der Waals surface area contributed by atoms with E-state index in [9.17, 15) is 9.18 Å². The van der Waals surface area contributed by atoms with Gasteiger partial charge in [-0.05, 0) is 62.6 Å². The molecule has 0 radical (unpaired) electrons. The Kier molecular flexibility index (Phi) is 4.12. The Hall–Kier alpha value is -1.22. The van der Waals surface area contributed by atoms with Crippen LogP contribution in [0, 0.1) is 25.6 Å². The third kappa shape index (κ3) is 2.89. The SMILES string of the molecule is Cc1cc(C)c(C(=O)C2CCC3CCCCC3N2)c(F)c1. The molecule has 1 aromatic carbocycles. The van der Waals surface area contributed by atoms with Gasteiger partial charge in [-0.1, -0.05) is 18.9 Å². The van der Waals surface area contributed by atoms with Gasteiger partial charge in [0.2, 0.25) is 0 Å². The van der Waals surface area contributed by atoms with Crippen molar-refractivity contribution in [2.75, 3.05) is 0 Å². The number of piperidine rings is 1. The highest BCUT2D eigenvalue weighted by Crippen LogP contribution is 2.33. The third-order valence-corrected chi connectivity index (χ3v) is 5.15. The van der Waals surface area contributed by atoms with E-state index in [4.69, 9.17) is 0 Å². The fourth-order valence-electron chi connectivity index (χ4n) is 4.10. The number of fused-ring (bicyclic) bond motifs is 1. The molecule has 3 unspecified atom stereocenters. The van der Waals surface area contributed by atoms with Gasteiger partial charge < -0.3 is 5.32 Å². The summed E-state index contributed by atoms with van der Waals surface area (Å²) in [4.78, 5) is 12.7. The first-order valence-electron chi connectivity index (χ1n) is 8.13. The fourth-order valence-corrected chi connectivity index (χ4v) is 4.10. The van der Waals surface area contributed by atoms with Crippen molar-refractivity contribution in [3.05, 3.63) is 34.6 Å². The lowest BCUT2D eigenvalue weighted by Gasteiger charge is -2.40. The van der Waals surface area contributed by atoms with E-state index < -0.39 is 0 Å². The summed E-state index contributed by atoms with van der Waals surface area (Å²) in [7, 11) is 0. The number of carbonyl (C=O) groups is 1. The summed E-state index contributed by atoms with van der Waals surface area (Å²) in [5.41, 5.74) is 1.91. The van der Waals surface area contributed by atoms with Crippen LogP contribution in [0.1, 0.15) is 60.0 Å². The fraction of sp³-hybridized carbons (Fsp3) is 0.611. The molecule has 0 amide bonds. The highest BCUT2D eigenvalue weighted by atomic mass is 19.1. The monoisotopic (exact) mass is 289 g/mol. The largest absolute Gasteiger partial charge is 0.304 e. The van der Waals surface area contributed by atoms with Crippen LogP contribution in [-0.2, 0) is 0 Å². The molecular formula is C18H24FNO. The molecule has 2 nitrogen and oxygen atoms in total. The molecule has 3 heteroatoms. The molecule has 0 aromatic heterocycles. The van der Waals surface area contributed by atoms with E-state index in [1.54, 1.807) is 0 Å². The molecular weight excluding hydrogens is 265 g/mol. The van der Waals surface area contributed by atoms with Crippen LogP contribution in [0.25, 0.3) is 0 Å². The smallest absolute Gasteiger partial charge is 0.182 e. The average Bonchev–Trinajstić information content (AvgIpc) is 2.45. The molecule has 1 aromatic rings. The second-order valence-corrected chi connectivity index (χ2v) is 6.75. The molecule has 1 saturated heterocycles. The minimum atomic E-state index is -0.370. The number of carbonyl (C=O) groups excluding carboxylic acids is 1. The summed E-state index contributed by atoms with van der Waals surface area (Å²) in [6.45, 7) is 3.69. The van der Waals surface area contributed by atoms with Gasteiger partial charge in [0, 0.05) is 6.04 Å². The second kappa shape index (κ2) is 5.88. The lowest BCUT2D eigenvalue weighted by atomic mass is 9.76. The van der Waals surface area contributed by atoms with E-state index >= 15 is 0 Å². The predicted octanol–water partition coefficient (Wildman–Crippen LogP) is 3.94. The first-order chi connectivity index (χ1) is 10.1. The summed E-state index contributed by atoms with van der Waals surface area (Å²) >= 11 is 0. The zero-order chi connectivity index (χ0) is 15.0. The van der Waals surface area contributed by atoms with Crippen LogP contribution in [-0.4, -0.2) is 17.9 Å². The van der Waals surface area contributed by atoms with E-state index in [1.165, 1.54) is 25.3 Å². The van der Waals surface area contributed by atoms with E-state index in [-0.39, 0.29) is 23.2 Å². The zero-order valence-electron chi connectivity index (χ0n) is 12.9. The molecule has 1 saturated carbocycles. The van der Waals surface area contributed by atoms with Crippen LogP contribution in [0.2, 0.25) is 0 Å². The molecule has 2 aliphatic rings. The molecule has 21 heavy (non-hydrogen) atoms. The van der Waals surface area contributed by atoms with Crippen LogP contribution in [0.15, 0.2) is 12.1 Å². The molecule has 2 fully saturated rings. The van der Waals surface area contributed by atoms with E-state index in [0.29, 0.717) is 12.0 Å². The van der Waals surface area contributed by atoms with Gasteiger partial charge in [-0.2, -0.15) is 0 Å².